The van der Waals surface area contributed by atoms with Gasteiger partial charge < -0.3 is 10.2 Å². The molecule has 0 bridgehead atoms. The Balaban J connectivity index is 2.14. The molecular formula is C20H16O4. The number of ketones is 1. The molecule has 24 heavy (non-hydrogen) atoms. The van der Waals surface area contributed by atoms with E-state index in [0.717, 1.165) is 5.56 Å². The lowest BCUT2D eigenvalue weighted by Gasteiger charge is -2.26. The molecule has 3 rings (SSSR count). The molecule has 1 unspecified atom stereocenters. The number of carboxylic acids is 1. The SMILES string of the molecule is O=C1C=CC(C(c2ccc(O)cc2)c2ccccc2C(=O)O)C=C1. The summed E-state index contributed by atoms with van der Waals surface area (Å²) in [7, 11) is 0. The van der Waals surface area contributed by atoms with Gasteiger partial charge in [-0.2, -0.15) is 0 Å². The van der Waals surface area contributed by atoms with Crippen molar-refractivity contribution in [2.45, 2.75) is 5.92 Å². The average Bonchev–Trinajstić information content (AvgIpc) is 2.59. The fourth-order valence-corrected chi connectivity index (χ4v) is 3.01. The summed E-state index contributed by atoms with van der Waals surface area (Å²) >= 11 is 0. The summed E-state index contributed by atoms with van der Waals surface area (Å²) in [4.78, 5) is 23.0. The molecule has 2 aromatic rings. The molecule has 0 saturated heterocycles. The monoisotopic (exact) mass is 320 g/mol. The number of aromatic carboxylic acids is 1. The number of carbonyl (C=O) groups excluding carboxylic acids is 1. The van der Waals surface area contributed by atoms with Gasteiger partial charge in [-0.05, 0) is 41.5 Å². The van der Waals surface area contributed by atoms with Gasteiger partial charge in [-0.1, -0.05) is 42.5 Å². The fraction of sp³-hybridized carbons (Fsp3) is 0.100. The van der Waals surface area contributed by atoms with Crippen LogP contribution in [0.1, 0.15) is 27.4 Å². The molecule has 0 aromatic heterocycles. The molecular weight excluding hydrogens is 304 g/mol. The summed E-state index contributed by atoms with van der Waals surface area (Å²) in [6.07, 6.45) is 6.58. The van der Waals surface area contributed by atoms with E-state index < -0.39 is 5.97 Å². The highest BCUT2D eigenvalue weighted by Crippen LogP contribution is 2.37. The van der Waals surface area contributed by atoms with Gasteiger partial charge in [0.05, 0.1) is 5.56 Å². The number of aromatic hydroxyl groups is 1. The van der Waals surface area contributed by atoms with Crippen LogP contribution in [0.2, 0.25) is 0 Å². The maximum Gasteiger partial charge on any atom is 0.335 e. The average molecular weight is 320 g/mol. The van der Waals surface area contributed by atoms with Gasteiger partial charge in [-0.3, -0.25) is 4.79 Å². The van der Waals surface area contributed by atoms with Crippen LogP contribution in [0.5, 0.6) is 5.75 Å². The van der Waals surface area contributed by atoms with Crippen molar-refractivity contribution in [3.05, 3.63) is 89.5 Å². The van der Waals surface area contributed by atoms with Gasteiger partial charge in [0, 0.05) is 11.8 Å². The fourth-order valence-electron chi connectivity index (χ4n) is 3.01. The van der Waals surface area contributed by atoms with Crippen LogP contribution < -0.4 is 0 Å². The Kier molecular flexibility index (Phi) is 4.29. The van der Waals surface area contributed by atoms with E-state index in [1.165, 1.54) is 12.2 Å². The third kappa shape index (κ3) is 3.13. The Bertz CT molecular complexity index is 815. The standard InChI is InChI=1S/C20H16O4/c21-15-9-5-13(6-10-15)19(14-7-11-16(22)12-8-14)17-3-1-2-4-18(17)20(23)24/h1-13,19,22H,(H,23,24). The van der Waals surface area contributed by atoms with E-state index in [4.69, 9.17) is 0 Å². The van der Waals surface area contributed by atoms with Gasteiger partial charge in [0.15, 0.2) is 5.78 Å². The number of carboxylic acid groups (broad SMARTS) is 1. The molecule has 0 radical (unpaired) electrons. The number of phenolic OH excluding ortho intramolecular Hbond substituents is 1. The summed E-state index contributed by atoms with van der Waals surface area (Å²) in [6.45, 7) is 0. The van der Waals surface area contributed by atoms with E-state index in [0.29, 0.717) is 5.56 Å². The highest BCUT2D eigenvalue weighted by molar-refractivity contribution is 6.00. The summed E-state index contributed by atoms with van der Waals surface area (Å²) < 4.78 is 0. The minimum atomic E-state index is -0.991. The first-order chi connectivity index (χ1) is 11.6. The lowest BCUT2D eigenvalue weighted by atomic mass is 9.77. The van der Waals surface area contributed by atoms with E-state index in [1.807, 2.05) is 0 Å². The Morgan fingerprint density at radius 3 is 2.21 bits per heavy atom. The smallest absolute Gasteiger partial charge is 0.335 e. The topological polar surface area (TPSA) is 74.6 Å². The number of benzene rings is 2. The molecule has 120 valence electrons. The minimum Gasteiger partial charge on any atom is -0.508 e. The summed E-state index contributed by atoms with van der Waals surface area (Å²) in [5.41, 5.74) is 1.77. The third-order valence-electron chi connectivity index (χ3n) is 4.13. The van der Waals surface area contributed by atoms with Crippen LogP contribution in [0.4, 0.5) is 0 Å². The number of carbonyl (C=O) groups is 2. The van der Waals surface area contributed by atoms with Crippen LogP contribution >= 0.6 is 0 Å². The first kappa shape index (κ1) is 15.7. The van der Waals surface area contributed by atoms with Crippen molar-refractivity contribution < 1.29 is 19.8 Å². The minimum absolute atomic E-state index is 0.0813. The zero-order valence-corrected chi connectivity index (χ0v) is 12.8. The van der Waals surface area contributed by atoms with Crippen LogP contribution in [0.15, 0.2) is 72.8 Å². The van der Waals surface area contributed by atoms with Gasteiger partial charge in [-0.25, -0.2) is 4.79 Å². The van der Waals surface area contributed by atoms with Crippen LogP contribution in [0, 0.1) is 5.92 Å². The molecule has 2 aromatic carbocycles. The molecule has 1 atom stereocenters. The largest absolute Gasteiger partial charge is 0.508 e. The molecule has 2 N–H and O–H groups in total. The first-order valence-electron chi connectivity index (χ1n) is 7.58. The van der Waals surface area contributed by atoms with Gasteiger partial charge in [0.2, 0.25) is 0 Å². The highest BCUT2D eigenvalue weighted by Gasteiger charge is 2.26. The molecule has 0 heterocycles. The molecule has 4 heteroatoms. The number of rotatable bonds is 4. The van der Waals surface area contributed by atoms with E-state index in [9.17, 15) is 19.8 Å². The first-order valence-corrected chi connectivity index (χ1v) is 7.58. The second kappa shape index (κ2) is 6.54. The molecule has 0 spiro atoms. The van der Waals surface area contributed by atoms with Gasteiger partial charge in [0.1, 0.15) is 5.75 Å². The summed E-state index contributed by atoms with van der Waals surface area (Å²) in [5, 5.41) is 19.0. The lowest BCUT2D eigenvalue weighted by molar-refractivity contribution is -0.110. The second-order valence-corrected chi connectivity index (χ2v) is 5.66. The quantitative estimate of drug-likeness (QED) is 0.903. The Morgan fingerprint density at radius 1 is 0.958 bits per heavy atom. The van der Waals surface area contributed by atoms with Crippen molar-refractivity contribution >= 4 is 11.8 Å². The van der Waals surface area contributed by atoms with Crippen LogP contribution in [-0.2, 0) is 4.79 Å². The maximum absolute atomic E-state index is 11.6. The van der Waals surface area contributed by atoms with E-state index in [2.05, 4.69) is 0 Å². The highest BCUT2D eigenvalue weighted by atomic mass is 16.4. The number of phenols is 1. The Labute approximate surface area is 139 Å². The molecule has 1 aliphatic rings. The number of hydrogen-bond donors (Lipinski definition) is 2. The van der Waals surface area contributed by atoms with Crippen molar-refractivity contribution in [1.82, 2.24) is 0 Å². The molecule has 1 aliphatic carbocycles. The zero-order chi connectivity index (χ0) is 17.1. The molecule has 4 nitrogen and oxygen atoms in total. The summed E-state index contributed by atoms with van der Waals surface area (Å²) in [6, 6.07) is 13.6. The second-order valence-electron chi connectivity index (χ2n) is 5.66. The van der Waals surface area contributed by atoms with Crippen molar-refractivity contribution in [3.8, 4) is 5.75 Å². The molecule has 0 aliphatic heterocycles. The van der Waals surface area contributed by atoms with E-state index in [1.54, 1.807) is 60.7 Å². The van der Waals surface area contributed by atoms with E-state index in [-0.39, 0.29) is 28.9 Å². The van der Waals surface area contributed by atoms with Crippen molar-refractivity contribution in [3.63, 3.8) is 0 Å². The Hall–Kier alpha value is -3.14. The number of allylic oxidation sites excluding steroid dienone is 4. The predicted molar refractivity (Wildman–Crippen MR) is 90.1 cm³/mol. The van der Waals surface area contributed by atoms with Crippen molar-refractivity contribution in [2.75, 3.05) is 0 Å². The molecule has 0 saturated carbocycles. The predicted octanol–water partition coefficient (Wildman–Crippen LogP) is 3.53. The van der Waals surface area contributed by atoms with Crippen LogP contribution in [-0.4, -0.2) is 22.0 Å². The number of hydrogen-bond acceptors (Lipinski definition) is 3. The van der Waals surface area contributed by atoms with Gasteiger partial charge in [0.25, 0.3) is 0 Å². The van der Waals surface area contributed by atoms with Crippen molar-refractivity contribution in [1.29, 1.82) is 0 Å². The summed E-state index contributed by atoms with van der Waals surface area (Å²) in [5.74, 6) is -1.34. The van der Waals surface area contributed by atoms with E-state index >= 15 is 0 Å². The maximum atomic E-state index is 11.6. The Morgan fingerprint density at radius 2 is 1.58 bits per heavy atom. The molecule has 0 amide bonds. The normalized spacial score (nSPS) is 15.4. The third-order valence-corrected chi connectivity index (χ3v) is 4.13. The van der Waals surface area contributed by atoms with Gasteiger partial charge in [-0.15, -0.1) is 0 Å². The molecule has 0 fully saturated rings. The zero-order valence-electron chi connectivity index (χ0n) is 12.8. The van der Waals surface area contributed by atoms with Crippen LogP contribution in [0.25, 0.3) is 0 Å². The van der Waals surface area contributed by atoms with Crippen LogP contribution in [0.3, 0.4) is 0 Å². The van der Waals surface area contributed by atoms with Crippen molar-refractivity contribution in [2.24, 2.45) is 5.92 Å². The van der Waals surface area contributed by atoms with Gasteiger partial charge >= 0.3 is 5.97 Å². The lowest BCUT2D eigenvalue weighted by Crippen LogP contribution is -2.17.